The molecule has 0 fully saturated rings. The second-order valence-electron chi connectivity index (χ2n) is 22.0. The number of esters is 3. The lowest BCUT2D eigenvalue weighted by molar-refractivity contribution is -0.167. The summed E-state index contributed by atoms with van der Waals surface area (Å²) in [5, 5.41) is 0. The zero-order valence-corrected chi connectivity index (χ0v) is 49.2. The second kappa shape index (κ2) is 62.2. The molecule has 0 amide bonds. The molecule has 6 heteroatoms. The van der Waals surface area contributed by atoms with Gasteiger partial charge in [0.05, 0.1) is 0 Å². The average molecular weight is 1030 g/mol. The number of unbranched alkanes of at least 4 members (excludes halogenated alkanes) is 43. The summed E-state index contributed by atoms with van der Waals surface area (Å²) in [5.41, 5.74) is 0. The lowest BCUT2D eigenvalue weighted by atomic mass is 10.0. The number of rotatable bonds is 60. The molecule has 0 aliphatic heterocycles. The molecule has 6 nitrogen and oxygen atoms in total. The number of carbonyl (C=O) groups is 3. The molecule has 0 bridgehead atoms. The van der Waals surface area contributed by atoms with Crippen LogP contribution in [0.1, 0.15) is 355 Å². The summed E-state index contributed by atoms with van der Waals surface area (Å²) in [5.74, 6) is -0.857. The molecule has 0 N–H and O–H groups in total. The number of ether oxygens (including phenoxy) is 3. The molecule has 1 atom stereocenters. The Hall–Kier alpha value is -2.37. The van der Waals surface area contributed by atoms with Gasteiger partial charge in [-0.3, -0.25) is 14.4 Å². The fourth-order valence-electron chi connectivity index (χ4n) is 9.69. The maximum atomic E-state index is 12.9. The molecule has 73 heavy (non-hydrogen) atoms. The van der Waals surface area contributed by atoms with Crippen LogP contribution in [0.15, 0.2) is 36.5 Å². The first-order valence-electron chi connectivity index (χ1n) is 32.5. The number of hydrogen-bond donors (Lipinski definition) is 0. The van der Waals surface area contributed by atoms with E-state index in [9.17, 15) is 14.4 Å². The van der Waals surface area contributed by atoms with E-state index < -0.39 is 6.10 Å². The van der Waals surface area contributed by atoms with Crippen molar-refractivity contribution in [3.8, 4) is 0 Å². The van der Waals surface area contributed by atoms with Gasteiger partial charge in [-0.2, -0.15) is 0 Å². The monoisotopic (exact) mass is 1020 g/mol. The molecule has 1 unspecified atom stereocenters. The highest BCUT2D eigenvalue weighted by molar-refractivity contribution is 5.71. The van der Waals surface area contributed by atoms with E-state index in [4.69, 9.17) is 14.2 Å². The highest BCUT2D eigenvalue weighted by Gasteiger charge is 2.19. The molecule has 0 aromatic heterocycles. The van der Waals surface area contributed by atoms with E-state index in [1.165, 1.54) is 244 Å². The van der Waals surface area contributed by atoms with Gasteiger partial charge in [0.2, 0.25) is 0 Å². The number of hydrogen-bond acceptors (Lipinski definition) is 6. The molecule has 0 heterocycles. The third-order valence-electron chi connectivity index (χ3n) is 14.6. The van der Waals surface area contributed by atoms with E-state index >= 15 is 0 Å². The van der Waals surface area contributed by atoms with Gasteiger partial charge in [0.1, 0.15) is 13.2 Å². The van der Waals surface area contributed by atoms with Crippen molar-refractivity contribution in [1.29, 1.82) is 0 Å². The Morgan fingerprint density at radius 1 is 0.274 bits per heavy atom. The molecular formula is C67H124O6. The fourth-order valence-corrected chi connectivity index (χ4v) is 9.69. The van der Waals surface area contributed by atoms with Crippen LogP contribution < -0.4 is 0 Å². The molecule has 0 aromatic carbocycles. The van der Waals surface area contributed by atoms with Gasteiger partial charge in [-0.1, -0.05) is 301 Å². The zero-order chi connectivity index (χ0) is 52.9. The van der Waals surface area contributed by atoms with Crippen molar-refractivity contribution in [1.82, 2.24) is 0 Å². The smallest absolute Gasteiger partial charge is 0.306 e. The van der Waals surface area contributed by atoms with E-state index in [-0.39, 0.29) is 31.1 Å². The number of carbonyl (C=O) groups excluding carboxylic acids is 3. The van der Waals surface area contributed by atoms with Crippen LogP contribution >= 0.6 is 0 Å². The van der Waals surface area contributed by atoms with Crippen molar-refractivity contribution in [3.63, 3.8) is 0 Å². The van der Waals surface area contributed by atoms with E-state index in [0.717, 1.165) is 70.6 Å². The largest absolute Gasteiger partial charge is 0.462 e. The van der Waals surface area contributed by atoms with Gasteiger partial charge in [0.15, 0.2) is 6.10 Å². The number of allylic oxidation sites excluding steroid dienone is 6. The van der Waals surface area contributed by atoms with Gasteiger partial charge in [-0.05, 0) is 70.6 Å². The molecule has 0 radical (unpaired) electrons. The molecule has 0 rings (SSSR count). The molecular weight excluding hydrogens is 901 g/mol. The van der Waals surface area contributed by atoms with Gasteiger partial charge in [0, 0.05) is 19.3 Å². The maximum Gasteiger partial charge on any atom is 0.306 e. The summed E-state index contributed by atoms with van der Waals surface area (Å²) < 4.78 is 16.9. The van der Waals surface area contributed by atoms with Crippen LogP contribution in [0, 0.1) is 0 Å². The third-order valence-corrected chi connectivity index (χ3v) is 14.6. The molecule has 0 aliphatic carbocycles. The first-order valence-corrected chi connectivity index (χ1v) is 32.5. The van der Waals surface area contributed by atoms with Crippen LogP contribution in [-0.2, 0) is 28.6 Å². The Balaban J connectivity index is 4.12. The predicted octanol–water partition coefficient (Wildman–Crippen LogP) is 22.0. The first kappa shape index (κ1) is 70.6. The Morgan fingerprint density at radius 3 is 0.808 bits per heavy atom. The summed E-state index contributed by atoms with van der Waals surface area (Å²) in [7, 11) is 0. The van der Waals surface area contributed by atoms with Gasteiger partial charge in [-0.15, -0.1) is 0 Å². The molecule has 0 aliphatic rings. The Labute approximate surface area is 455 Å². The minimum Gasteiger partial charge on any atom is -0.462 e. The zero-order valence-electron chi connectivity index (χ0n) is 49.2. The van der Waals surface area contributed by atoms with Crippen LogP contribution in [0.2, 0.25) is 0 Å². The molecule has 0 saturated heterocycles. The quantitative estimate of drug-likeness (QED) is 0.0261. The summed E-state index contributed by atoms with van der Waals surface area (Å²) >= 11 is 0. The summed E-state index contributed by atoms with van der Waals surface area (Å²) in [6.07, 6.45) is 76.0. The summed E-state index contributed by atoms with van der Waals surface area (Å²) in [6, 6.07) is 0. The Morgan fingerprint density at radius 2 is 0.507 bits per heavy atom. The second-order valence-corrected chi connectivity index (χ2v) is 22.0. The average Bonchev–Trinajstić information content (AvgIpc) is 3.39. The van der Waals surface area contributed by atoms with Gasteiger partial charge in [0.25, 0.3) is 0 Å². The predicted molar refractivity (Wildman–Crippen MR) is 316 cm³/mol. The minimum absolute atomic E-state index is 0.0695. The SMILES string of the molecule is CCCC/C=C\CCCCCCCC(=O)OCC(COC(=O)CCCCCCCCCCCCCCCCCCC/C=C\C/C=C\CCCCCCC)OC(=O)CCCCCCCCCCCCCCCCC. The van der Waals surface area contributed by atoms with E-state index in [1.54, 1.807) is 0 Å². The van der Waals surface area contributed by atoms with Crippen LogP contribution in [0.25, 0.3) is 0 Å². The third kappa shape index (κ3) is 60.4. The van der Waals surface area contributed by atoms with Crippen LogP contribution in [0.3, 0.4) is 0 Å². The standard InChI is InChI=1S/C67H124O6/c1-4-7-10-13-16-19-22-24-26-27-28-29-30-31-32-33-34-35-36-37-38-39-41-42-45-48-51-54-57-60-66(69)72-63-64(62-71-65(68)59-56-53-50-47-44-21-18-15-12-9-6-3)73-67(70)61-58-55-52-49-46-43-40-25-23-20-17-14-11-8-5-2/h15,18,22,24,27-28,64H,4-14,16-17,19-21,23,25-26,29-63H2,1-3H3/b18-15-,24-22-,28-27-. The van der Waals surface area contributed by atoms with E-state index in [1.807, 2.05) is 0 Å². The minimum atomic E-state index is -0.771. The Bertz CT molecular complexity index is 1220. The highest BCUT2D eigenvalue weighted by atomic mass is 16.6. The Kier molecular flexibility index (Phi) is 60.2. The topological polar surface area (TPSA) is 78.9 Å². The van der Waals surface area contributed by atoms with Crippen molar-refractivity contribution in [3.05, 3.63) is 36.5 Å². The summed E-state index contributed by atoms with van der Waals surface area (Å²) in [6.45, 7) is 6.64. The van der Waals surface area contributed by atoms with Crippen molar-refractivity contribution >= 4 is 17.9 Å². The lowest BCUT2D eigenvalue weighted by Crippen LogP contribution is -2.30. The van der Waals surface area contributed by atoms with Crippen LogP contribution in [0.5, 0.6) is 0 Å². The normalized spacial score (nSPS) is 12.2. The first-order chi connectivity index (χ1) is 36.0. The summed E-state index contributed by atoms with van der Waals surface area (Å²) in [4.78, 5) is 38.2. The van der Waals surface area contributed by atoms with E-state index in [0.29, 0.717) is 19.3 Å². The van der Waals surface area contributed by atoms with E-state index in [2.05, 4.69) is 57.2 Å². The lowest BCUT2D eigenvalue weighted by Gasteiger charge is -2.18. The van der Waals surface area contributed by atoms with Gasteiger partial charge >= 0.3 is 17.9 Å². The van der Waals surface area contributed by atoms with Gasteiger partial charge in [-0.25, -0.2) is 0 Å². The maximum absolute atomic E-state index is 12.9. The van der Waals surface area contributed by atoms with Crippen molar-refractivity contribution in [2.75, 3.05) is 13.2 Å². The highest BCUT2D eigenvalue weighted by Crippen LogP contribution is 2.18. The van der Waals surface area contributed by atoms with Crippen LogP contribution in [0.4, 0.5) is 0 Å². The van der Waals surface area contributed by atoms with Crippen molar-refractivity contribution in [2.45, 2.75) is 361 Å². The fraction of sp³-hybridized carbons (Fsp3) is 0.866. The van der Waals surface area contributed by atoms with Gasteiger partial charge < -0.3 is 14.2 Å². The molecule has 428 valence electrons. The van der Waals surface area contributed by atoms with Crippen molar-refractivity contribution in [2.24, 2.45) is 0 Å². The molecule has 0 aromatic rings. The molecule has 0 spiro atoms. The van der Waals surface area contributed by atoms with Crippen LogP contribution in [-0.4, -0.2) is 37.2 Å². The van der Waals surface area contributed by atoms with Crippen molar-refractivity contribution < 1.29 is 28.6 Å². The molecule has 0 saturated carbocycles.